The average molecular weight is 442 g/mol. The summed E-state index contributed by atoms with van der Waals surface area (Å²) in [5.74, 6) is -0.434. The van der Waals surface area contributed by atoms with Gasteiger partial charge in [-0.15, -0.1) is 0 Å². The first kappa shape index (κ1) is 22.7. The number of amides is 2. The Kier molecular flexibility index (Phi) is 7.25. The van der Waals surface area contributed by atoms with Crippen LogP contribution in [0.5, 0.6) is 0 Å². The molecule has 1 aliphatic carbocycles. The Labute approximate surface area is 183 Å². The van der Waals surface area contributed by atoms with Gasteiger partial charge in [0.2, 0.25) is 15.9 Å². The Bertz CT molecular complexity index is 1060. The normalized spacial score (nSPS) is 15.8. The van der Waals surface area contributed by atoms with Gasteiger partial charge < -0.3 is 0 Å². The highest BCUT2D eigenvalue weighted by Crippen LogP contribution is 2.20. The molecule has 0 radical (unpaired) electrons. The highest BCUT2D eigenvalue weighted by molar-refractivity contribution is 7.89. The molecule has 0 spiro atoms. The van der Waals surface area contributed by atoms with E-state index in [9.17, 15) is 18.0 Å². The third kappa shape index (κ3) is 6.02. The van der Waals surface area contributed by atoms with Crippen LogP contribution in [0.1, 0.15) is 40.7 Å². The van der Waals surface area contributed by atoms with Crippen molar-refractivity contribution in [1.29, 1.82) is 0 Å². The van der Waals surface area contributed by atoms with Crippen LogP contribution in [-0.4, -0.2) is 31.6 Å². The Hall–Kier alpha value is -2.97. The van der Waals surface area contributed by atoms with Gasteiger partial charge in [-0.25, -0.2) is 8.42 Å². The molecule has 1 atom stereocenters. The van der Waals surface area contributed by atoms with Crippen molar-refractivity contribution < 1.29 is 18.0 Å². The van der Waals surface area contributed by atoms with Crippen LogP contribution in [-0.2, 0) is 21.4 Å². The van der Waals surface area contributed by atoms with Gasteiger partial charge in [0.25, 0.3) is 5.91 Å². The number of hydrogen-bond acceptors (Lipinski definition) is 4. The topological polar surface area (TPSA) is 95.6 Å². The number of aryl methyl sites for hydroxylation is 1. The maximum absolute atomic E-state index is 12.7. The van der Waals surface area contributed by atoms with Crippen molar-refractivity contribution in [2.75, 3.05) is 7.05 Å². The van der Waals surface area contributed by atoms with E-state index in [2.05, 4.69) is 16.9 Å². The quantitative estimate of drug-likeness (QED) is 0.510. The summed E-state index contributed by atoms with van der Waals surface area (Å²) in [6.07, 6.45) is 6.37. The predicted molar refractivity (Wildman–Crippen MR) is 118 cm³/mol. The van der Waals surface area contributed by atoms with Gasteiger partial charge >= 0.3 is 0 Å². The zero-order valence-electron chi connectivity index (χ0n) is 17.7. The molecule has 0 aromatic heterocycles. The molecule has 3 rings (SSSR count). The van der Waals surface area contributed by atoms with Crippen molar-refractivity contribution in [2.45, 2.75) is 37.6 Å². The van der Waals surface area contributed by atoms with Crippen LogP contribution in [0, 0.1) is 12.8 Å². The van der Waals surface area contributed by atoms with Crippen molar-refractivity contribution in [2.24, 2.45) is 5.92 Å². The van der Waals surface area contributed by atoms with Crippen molar-refractivity contribution in [3.63, 3.8) is 0 Å². The van der Waals surface area contributed by atoms with Crippen LogP contribution < -0.4 is 10.9 Å². The van der Waals surface area contributed by atoms with E-state index in [4.69, 9.17) is 0 Å². The molecule has 1 unspecified atom stereocenters. The first-order valence-corrected chi connectivity index (χ1v) is 11.6. The van der Waals surface area contributed by atoms with Crippen molar-refractivity contribution in [3.05, 3.63) is 77.4 Å². The summed E-state index contributed by atoms with van der Waals surface area (Å²) in [6, 6.07) is 13.3. The Morgan fingerprint density at radius 3 is 2.32 bits per heavy atom. The van der Waals surface area contributed by atoms with Crippen LogP contribution in [0.4, 0.5) is 0 Å². The lowest BCUT2D eigenvalue weighted by atomic mass is 10.1. The SMILES string of the molecule is Cc1ccc(S(=O)(=O)N(C)Cc2ccc(C(=O)NNC(=O)CC3C=CCC3)cc2)cc1. The first-order valence-electron chi connectivity index (χ1n) is 10.1. The molecule has 8 heteroatoms. The molecular weight excluding hydrogens is 414 g/mol. The van der Waals surface area contributed by atoms with Crippen molar-refractivity contribution >= 4 is 21.8 Å². The van der Waals surface area contributed by atoms with Crippen LogP contribution >= 0.6 is 0 Å². The highest BCUT2D eigenvalue weighted by Gasteiger charge is 2.21. The summed E-state index contributed by atoms with van der Waals surface area (Å²) in [6.45, 7) is 2.07. The van der Waals surface area contributed by atoms with E-state index < -0.39 is 15.9 Å². The number of benzene rings is 2. The molecule has 7 nitrogen and oxygen atoms in total. The lowest BCUT2D eigenvalue weighted by Crippen LogP contribution is -2.42. The summed E-state index contributed by atoms with van der Waals surface area (Å²) in [7, 11) is -2.09. The number of rotatable bonds is 7. The van der Waals surface area contributed by atoms with E-state index in [0.29, 0.717) is 12.0 Å². The fraction of sp³-hybridized carbons (Fsp3) is 0.304. The van der Waals surface area contributed by atoms with E-state index in [-0.39, 0.29) is 23.3 Å². The van der Waals surface area contributed by atoms with E-state index in [1.165, 1.54) is 11.4 Å². The lowest BCUT2D eigenvalue weighted by Gasteiger charge is -2.17. The van der Waals surface area contributed by atoms with Gasteiger partial charge in [-0.1, -0.05) is 42.0 Å². The van der Waals surface area contributed by atoms with E-state index in [1.807, 2.05) is 13.0 Å². The molecule has 2 amide bonds. The van der Waals surface area contributed by atoms with Crippen molar-refractivity contribution in [3.8, 4) is 0 Å². The van der Waals surface area contributed by atoms with Gasteiger partial charge in [-0.3, -0.25) is 20.4 Å². The van der Waals surface area contributed by atoms with Gasteiger partial charge in [0, 0.05) is 25.6 Å². The maximum Gasteiger partial charge on any atom is 0.269 e. The number of carbonyl (C=O) groups excluding carboxylic acids is 2. The summed E-state index contributed by atoms with van der Waals surface area (Å²) >= 11 is 0. The molecule has 31 heavy (non-hydrogen) atoms. The molecule has 0 heterocycles. The van der Waals surface area contributed by atoms with E-state index >= 15 is 0 Å². The fourth-order valence-electron chi connectivity index (χ4n) is 3.35. The molecule has 2 N–H and O–H groups in total. The highest BCUT2D eigenvalue weighted by atomic mass is 32.2. The second-order valence-corrected chi connectivity index (χ2v) is 9.79. The molecule has 0 saturated carbocycles. The predicted octanol–water partition coefficient (Wildman–Crippen LogP) is 2.93. The van der Waals surface area contributed by atoms with Crippen LogP contribution in [0.15, 0.2) is 65.6 Å². The smallest absolute Gasteiger partial charge is 0.269 e. The van der Waals surface area contributed by atoms with Crippen molar-refractivity contribution in [1.82, 2.24) is 15.2 Å². The van der Waals surface area contributed by atoms with Gasteiger partial charge in [-0.05, 0) is 55.5 Å². The third-order valence-corrected chi connectivity index (χ3v) is 7.04. The number of hydrazine groups is 1. The average Bonchev–Trinajstić information content (AvgIpc) is 3.26. The second kappa shape index (κ2) is 9.89. The first-order chi connectivity index (χ1) is 14.8. The fourth-order valence-corrected chi connectivity index (χ4v) is 4.51. The summed E-state index contributed by atoms with van der Waals surface area (Å²) in [5, 5.41) is 0. The third-order valence-electron chi connectivity index (χ3n) is 5.23. The molecule has 1 aliphatic rings. The molecule has 2 aromatic rings. The molecule has 0 saturated heterocycles. The number of nitrogens with one attached hydrogen (secondary N) is 2. The second-order valence-electron chi connectivity index (χ2n) is 7.74. The molecule has 164 valence electrons. The van der Waals surface area contributed by atoms with Gasteiger partial charge in [0.1, 0.15) is 0 Å². The summed E-state index contributed by atoms with van der Waals surface area (Å²) < 4.78 is 26.7. The molecule has 0 fully saturated rings. The molecule has 0 aliphatic heterocycles. The van der Waals surface area contributed by atoms with E-state index in [0.717, 1.165) is 24.0 Å². The lowest BCUT2D eigenvalue weighted by molar-refractivity contribution is -0.122. The zero-order chi connectivity index (χ0) is 22.4. The standard InChI is InChI=1S/C23H27N3O4S/c1-17-7-13-21(14-8-17)31(29,30)26(2)16-19-9-11-20(12-10-19)23(28)25-24-22(27)15-18-5-3-4-6-18/h3,5,7-14,18H,4,6,15-16H2,1-2H3,(H,24,27)(H,25,28). The minimum absolute atomic E-state index is 0.170. The minimum atomic E-state index is -3.61. The maximum atomic E-state index is 12.7. The summed E-state index contributed by atoms with van der Waals surface area (Å²) in [5.41, 5.74) is 6.95. The number of hydrogen-bond donors (Lipinski definition) is 2. The zero-order valence-corrected chi connectivity index (χ0v) is 18.5. The monoisotopic (exact) mass is 441 g/mol. The van der Waals surface area contributed by atoms with Crippen LogP contribution in [0.2, 0.25) is 0 Å². The summed E-state index contributed by atoms with van der Waals surface area (Å²) in [4.78, 5) is 24.4. The van der Waals surface area contributed by atoms with Gasteiger partial charge in [0.05, 0.1) is 4.90 Å². The number of nitrogens with zero attached hydrogens (tertiary/aromatic N) is 1. The molecule has 2 aromatic carbocycles. The largest absolute Gasteiger partial charge is 0.273 e. The van der Waals surface area contributed by atoms with Crippen LogP contribution in [0.25, 0.3) is 0 Å². The Morgan fingerprint density at radius 1 is 1.03 bits per heavy atom. The Balaban J connectivity index is 1.54. The molecule has 0 bridgehead atoms. The molecular formula is C23H27N3O4S. The van der Waals surface area contributed by atoms with Gasteiger partial charge in [0.15, 0.2) is 0 Å². The van der Waals surface area contributed by atoms with Crippen LogP contribution in [0.3, 0.4) is 0 Å². The van der Waals surface area contributed by atoms with E-state index in [1.54, 1.807) is 48.5 Å². The number of sulfonamides is 1. The number of allylic oxidation sites excluding steroid dienone is 2. The Morgan fingerprint density at radius 2 is 1.71 bits per heavy atom. The van der Waals surface area contributed by atoms with Gasteiger partial charge in [-0.2, -0.15) is 4.31 Å². The number of carbonyl (C=O) groups is 2. The minimum Gasteiger partial charge on any atom is -0.273 e.